The van der Waals surface area contributed by atoms with E-state index >= 15 is 0 Å². The molecule has 2 aliphatic rings. The van der Waals surface area contributed by atoms with Gasteiger partial charge in [0.2, 0.25) is 5.91 Å². The van der Waals surface area contributed by atoms with E-state index < -0.39 is 0 Å². The Kier molecular flexibility index (Phi) is 5.77. The van der Waals surface area contributed by atoms with Crippen LogP contribution in [0.3, 0.4) is 0 Å². The fourth-order valence-corrected chi connectivity index (χ4v) is 4.16. The van der Waals surface area contributed by atoms with E-state index in [1.54, 1.807) is 30.3 Å². The lowest BCUT2D eigenvalue weighted by molar-refractivity contribution is -0.116. The number of nitrogens with one attached hydrogen (secondary N) is 1. The van der Waals surface area contributed by atoms with E-state index in [1.807, 2.05) is 25.1 Å². The van der Waals surface area contributed by atoms with Crippen molar-refractivity contribution in [2.24, 2.45) is 0 Å². The third-order valence-electron chi connectivity index (χ3n) is 5.81. The van der Waals surface area contributed by atoms with Gasteiger partial charge in [-0.25, -0.2) is 4.39 Å². The van der Waals surface area contributed by atoms with E-state index in [1.165, 1.54) is 12.1 Å². The Morgan fingerprint density at radius 3 is 2.58 bits per heavy atom. The zero-order chi connectivity index (χ0) is 22.8. The molecule has 0 bridgehead atoms. The molecule has 0 saturated carbocycles. The Balaban J connectivity index is 1.34. The van der Waals surface area contributed by atoms with E-state index in [9.17, 15) is 9.18 Å². The maximum Gasteiger partial charge on any atom is 0.226 e. The minimum atomic E-state index is -0.271. The number of halogens is 1. The van der Waals surface area contributed by atoms with Gasteiger partial charge >= 0.3 is 0 Å². The lowest BCUT2D eigenvalue weighted by atomic mass is 10.0. The molecule has 0 saturated heterocycles. The number of ether oxygens (including phenoxy) is 3. The highest BCUT2D eigenvalue weighted by atomic mass is 19.1. The quantitative estimate of drug-likeness (QED) is 0.613. The third-order valence-corrected chi connectivity index (χ3v) is 5.81. The van der Waals surface area contributed by atoms with Crippen LogP contribution in [-0.2, 0) is 11.3 Å². The SMILES string of the molecule is Cc1ccc2c(c1)OCC(CC(=O)Nc1ccc3c(c1)OCCO3)N2Cc1ccc(F)cc1. The Bertz CT molecular complexity index is 1170. The van der Waals surface area contributed by atoms with E-state index in [0.29, 0.717) is 43.6 Å². The topological polar surface area (TPSA) is 60.0 Å². The number of benzene rings is 3. The molecule has 0 fully saturated rings. The summed E-state index contributed by atoms with van der Waals surface area (Å²) in [6.45, 7) is 3.95. The van der Waals surface area contributed by atoms with Gasteiger partial charge in [0.1, 0.15) is 31.4 Å². The molecular weight excluding hydrogens is 423 g/mol. The Morgan fingerprint density at radius 1 is 0.970 bits per heavy atom. The molecule has 0 spiro atoms. The van der Waals surface area contributed by atoms with Gasteiger partial charge in [-0.3, -0.25) is 4.79 Å². The van der Waals surface area contributed by atoms with Gasteiger partial charge in [0, 0.05) is 18.3 Å². The van der Waals surface area contributed by atoms with Crippen molar-refractivity contribution in [2.75, 3.05) is 30.0 Å². The smallest absolute Gasteiger partial charge is 0.226 e. The molecule has 1 amide bonds. The van der Waals surface area contributed by atoms with Crippen molar-refractivity contribution in [1.82, 2.24) is 0 Å². The minimum Gasteiger partial charge on any atom is -0.489 e. The third kappa shape index (κ3) is 4.72. The van der Waals surface area contributed by atoms with Crippen molar-refractivity contribution in [3.8, 4) is 17.2 Å². The summed E-state index contributed by atoms with van der Waals surface area (Å²) in [5, 5.41) is 2.96. The fourth-order valence-electron chi connectivity index (χ4n) is 4.16. The van der Waals surface area contributed by atoms with E-state index in [-0.39, 0.29) is 24.2 Å². The molecule has 2 aliphatic heterocycles. The Hall–Kier alpha value is -3.74. The Labute approximate surface area is 191 Å². The second-order valence-corrected chi connectivity index (χ2v) is 8.30. The highest BCUT2D eigenvalue weighted by Gasteiger charge is 2.30. The van der Waals surface area contributed by atoms with E-state index in [4.69, 9.17) is 14.2 Å². The number of hydrogen-bond acceptors (Lipinski definition) is 5. The number of aryl methyl sites for hydroxylation is 1. The molecule has 170 valence electrons. The van der Waals surface area contributed by atoms with Gasteiger partial charge in [-0.15, -0.1) is 0 Å². The monoisotopic (exact) mass is 448 g/mol. The zero-order valence-electron chi connectivity index (χ0n) is 18.3. The van der Waals surface area contributed by atoms with Crippen molar-refractivity contribution < 1.29 is 23.4 Å². The van der Waals surface area contributed by atoms with E-state index in [0.717, 1.165) is 22.6 Å². The summed E-state index contributed by atoms with van der Waals surface area (Å²) in [6.07, 6.45) is 0.239. The van der Waals surface area contributed by atoms with Gasteiger partial charge in [-0.1, -0.05) is 18.2 Å². The number of anilines is 2. The summed E-state index contributed by atoms with van der Waals surface area (Å²) in [7, 11) is 0. The van der Waals surface area contributed by atoms with Crippen molar-refractivity contribution in [1.29, 1.82) is 0 Å². The average molecular weight is 448 g/mol. The number of amides is 1. The maximum atomic E-state index is 13.4. The van der Waals surface area contributed by atoms with Crippen molar-refractivity contribution >= 4 is 17.3 Å². The summed E-state index contributed by atoms with van der Waals surface area (Å²) in [5.74, 6) is 1.70. The molecular formula is C26H25FN2O4. The molecule has 0 aromatic heterocycles. The van der Waals surface area contributed by atoms with Crippen LogP contribution in [-0.4, -0.2) is 31.8 Å². The van der Waals surface area contributed by atoms with Gasteiger partial charge in [-0.05, 0) is 54.4 Å². The number of carbonyl (C=O) groups excluding carboxylic acids is 1. The average Bonchev–Trinajstić information content (AvgIpc) is 2.81. The van der Waals surface area contributed by atoms with Crippen molar-refractivity contribution in [2.45, 2.75) is 25.9 Å². The molecule has 5 rings (SSSR count). The molecule has 33 heavy (non-hydrogen) atoms. The molecule has 0 aliphatic carbocycles. The summed E-state index contributed by atoms with van der Waals surface area (Å²) >= 11 is 0. The van der Waals surface area contributed by atoms with E-state index in [2.05, 4.69) is 10.2 Å². The van der Waals surface area contributed by atoms with Gasteiger partial charge in [-0.2, -0.15) is 0 Å². The number of carbonyl (C=O) groups is 1. The summed E-state index contributed by atoms with van der Waals surface area (Å²) in [4.78, 5) is 15.1. The predicted octanol–water partition coefficient (Wildman–Crippen LogP) is 4.70. The first-order valence-corrected chi connectivity index (χ1v) is 11.0. The van der Waals surface area contributed by atoms with Crippen LogP contribution >= 0.6 is 0 Å². The van der Waals surface area contributed by atoms with Crippen LogP contribution in [0.5, 0.6) is 17.2 Å². The zero-order valence-corrected chi connectivity index (χ0v) is 18.3. The second kappa shape index (κ2) is 9.02. The molecule has 2 heterocycles. The van der Waals surface area contributed by atoms with Gasteiger partial charge in [0.15, 0.2) is 11.5 Å². The van der Waals surface area contributed by atoms with Gasteiger partial charge in [0.25, 0.3) is 0 Å². The number of nitrogens with zero attached hydrogens (tertiary/aromatic N) is 1. The minimum absolute atomic E-state index is 0.125. The summed E-state index contributed by atoms with van der Waals surface area (Å²) in [5.41, 5.74) is 3.64. The largest absolute Gasteiger partial charge is 0.489 e. The van der Waals surface area contributed by atoms with Crippen LogP contribution < -0.4 is 24.4 Å². The molecule has 1 N–H and O–H groups in total. The first-order chi connectivity index (χ1) is 16.0. The summed E-state index contributed by atoms with van der Waals surface area (Å²) < 4.78 is 30.6. The standard InChI is InChI=1S/C26H25FN2O4/c1-17-2-8-22-24(12-17)33-16-21(29(22)15-18-3-5-19(27)6-4-18)14-26(30)28-20-7-9-23-25(13-20)32-11-10-31-23/h2-9,12-13,21H,10-11,14-16H2,1H3,(H,28,30). The molecule has 0 radical (unpaired) electrons. The van der Waals surface area contributed by atoms with Crippen LogP contribution in [0.2, 0.25) is 0 Å². The lowest BCUT2D eigenvalue weighted by Crippen LogP contribution is -2.44. The maximum absolute atomic E-state index is 13.4. The normalized spacial score (nSPS) is 16.5. The number of rotatable bonds is 5. The molecule has 3 aromatic rings. The Morgan fingerprint density at radius 2 is 1.76 bits per heavy atom. The lowest BCUT2D eigenvalue weighted by Gasteiger charge is -2.38. The van der Waals surface area contributed by atoms with Crippen molar-refractivity contribution in [3.05, 3.63) is 77.6 Å². The fraction of sp³-hybridized carbons (Fsp3) is 0.269. The molecule has 7 heteroatoms. The summed E-state index contributed by atoms with van der Waals surface area (Å²) in [6, 6.07) is 17.7. The first-order valence-electron chi connectivity index (χ1n) is 11.0. The van der Waals surface area contributed by atoms with Crippen LogP contribution in [0.4, 0.5) is 15.8 Å². The molecule has 3 aromatic carbocycles. The first kappa shape index (κ1) is 21.1. The van der Waals surface area contributed by atoms with Crippen molar-refractivity contribution in [3.63, 3.8) is 0 Å². The molecule has 1 unspecified atom stereocenters. The van der Waals surface area contributed by atoms with Crippen LogP contribution in [0.1, 0.15) is 17.5 Å². The van der Waals surface area contributed by atoms with Crippen LogP contribution in [0.25, 0.3) is 0 Å². The second-order valence-electron chi connectivity index (χ2n) is 8.30. The predicted molar refractivity (Wildman–Crippen MR) is 124 cm³/mol. The van der Waals surface area contributed by atoms with Gasteiger partial charge in [0.05, 0.1) is 18.2 Å². The van der Waals surface area contributed by atoms with Gasteiger partial charge < -0.3 is 24.4 Å². The van der Waals surface area contributed by atoms with Crippen LogP contribution in [0, 0.1) is 12.7 Å². The molecule has 1 atom stereocenters. The molecule has 6 nitrogen and oxygen atoms in total. The highest BCUT2D eigenvalue weighted by Crippen LogP contribution is 2.37. The van der Waals surface area contributed by atoms with Crippen LogP contribution in [0.15, 0.2) is 60.7 Å². The number of hydrogen-bond donors (Lipinski definition) is 1. The highest BCUT2D eigenvalue weighted by molar-refractivity contribution is 5.92. The number of fused-ring (bicyclic) bond motifs is 2.